The lowest BCUT2D eigenvalue weighted by molar-refractivity contribution is -0.122. The number of benzene rings is 2. The Bertz CT molecular complexity index is 728. The van der Waals surface area contributed by atoms with Crippen molar-refractivity contribution in [2.24, 2.45) is 0 Å². The van der Waals surface area contributed by atoms with Crippen molar-refractivity contribution in [3.05, 3.63) is 65.2 Å². The molecule has 2 aromatic carbocycles. The molecule has 1 amide bonds. The van der Waals surface area contributed by atoms with Crippen molar-refractivity contribution in [3.8, 4) is 5.75 Å². The van der Waals surface area contributed by atoms with Gasteiger partial charge in [-0.15, -0.1) is 0 Å². The monoisotopic (exact) mass is 341 g/mol. The highest BCUT2D eigenvalue weighted by Gasteiger charge is 2.19. The second-order valence-corrected chi connectivity index (χ2v) is 5.62. The molecule has 1 atom stereocenters. The van der Waals surface area contributed by atoms with Gasteiger partial charge in [-0.2, -0.15) is 0 Å². The van der Waals surface area contributed by atoms with Crippen molar-refractivity contribution in [1.82, 2.24) is 5.32 Å². The van der Waals surface area contributed by atoms with Gasteiger partial charge in [0.1, 0.15) is 11.3 Å². The lowest BCUT2D eigenvalue weighted by Crippen LogP contribution is -2.28. The Morgan fingerprint density at radius 1 is 1.08 bits per heavy atom. The van der Waals surface area contributed by atoms with Crippen molar-refractivity contribution >= 4 is 11.9 Å². The van der Waals surface area contributed by atoms with Crippen LogP contribution < -0.4 is 10.1 Å². The molecule has 25 heavy (non-hydrogen) atoms. The van der Waals surface area contributed by atoms with Gasteiger partial charge in [-0.3, -0.25) is 4.79 Å². The van der Waals surface area contributed by atoms with E-state index >= 15 is 0 Å². The van der Waals surface area contributed by atoms with E-state index in [-0.39, 0.29) is 11.8 Å². The Kier molecular flexibility index (Phi) is 6.57. The zero-order valence-electron chi connectivity index (χ0n) is 14.7. The van der Waals surface area contributed by atoms with Crippen LogP contribution in [0.1, 0.15) is 40.7 Å². The second-order valence-electron chi connectivity index (χ2n) is 5.62. The van der Waals surface area contributed by atoms with Gasteiger partial charge in [0.2, 0.25) is 5.91 Å². The lowest BCUT2D eigenvalue weighted by Gasteiger charge is -2.16. The van der Waals surface area contributed by atoms with E-state index in [1.807, 2.05) is 43.3 Å². The molecule has 5 heteroatoms. The van der Waals surface area contributed by atoms with E-state index in [1.54, 1.807) is 12.1 Å². The molecular weight excluding hydrogens is 318 g/mol. The van der Waals surface area contributed by atoms with Crippen LogP contribution in [0, 0.1) is 0 Å². The standard InChI is InChI=1S/C20H23NO4/c1-4-16(15-8-6-5-7-9-15)19(22)21-13-14-10-11-18(24-2)17(12-14)20(23)25-3/h5-12,16H,4,13H2,1-3H3,(H,21,22). The summed E-state index contributed by atoms with van der Waals surface area (Å²) in [5.41, 5.74) is 2.14. The average Bonchev–Trinajstić information content (AvgIpc) is 2.67. The molecule has 0 fully saturated rings. The molecule has 1 unspecified atom stereocenters. The molecule has 0 aliphatic rings. The quantitative estimate of drug-likeness (QED) is 0.785. The minimum Gasteiger partial charge on any atom is -0.496 e. The third-order valence-electron chi connectivity index (χ3n) is 4.06. The molecule has 0 bridgehead atoms. The number of methoxy groups -OCH3 is 2. The summed E-state index contributed by atoms with van der Waals surface area (Å²) < 4.78 is 9.94. The number of nitrogens with one attached hydrogen (secondary N) is 1. The van der Waals surface area contributed by atoms with Gasteiger partial charge in [0.05, 0.1) is 20.1 Å². The maximum Gasteiger partial charge on any atom is 0.341 e. The van der Waals surface area contributed by atoms with E-state index in [2.05, 4.69) is 5.32 Å². The summed E-state index contributed by atoms with van der Waals surface area (Å²) in [6.45, 7) is 2.32. The smallest absolute Gasteiger partial charge is 0.341 e. The minimum atomic E-state index is -0.472. The van der Waals surface area contributed by atoms with E-state index in [1.165, 1.54) is 14.2 Å². The van der Waals surface area contributed by atoms with E-state index in [4.69, 9.17) is 9.47 Å². The van der Waals surface area contributed by atoms with E-state index < -0.39 is 5.97 Å². The van der Waals surface area contributed by atoms with Gasteiger partial charge in [-0.25, -0.2) is 4.79 Å². The molecular formula is C20H23NO4. The summed E-state index contributed by atoms with van der Waals surface area (Å²) in [5.74, 6) is -0.262. The van der Waals surface area contributed by atoms with Crippen LogP contribution in [0.25, 0.3) is 0 Å². The van der Waals surface area contributed by atoms with E-state index in [0.29, 0.717) is 24.3 Å². The van der Waals surface area contributed by atoms with E-state index in [0.717, 1.165) is 11.1 Å². The second kappa shape index (κ2) is 8.87. The van der Waals surface area contributed by atoms with Gasteiger partial charge in [-0.05, 0) is 29.7 Å². The summed E-state index contributed by atoms with van der Waals surface area (Å²) in [7, 11) is 2.82. The highest BCUT2D eigenvalue weighted by atomic mass is 16.5. The number of carbonyl (C=O) groups excluding carboxylic acids is 2. The normalized spacial score (nSPS) is 11.5. The third kappa shape index (κ3) is 4.59. The fourth-order valence-corrected chi connectivity index (χ4v) is 2.70. The van der Waals surface area contributed by atoms with Gasteiger partial charge in [0.15, 0.2) is 0 Å². The molecule has 0 heterocycles. The number of hydrogen-bond acceptors (Lipinski definition) is 4. The van der Waals surface area contributed by atoms with Gasteiger partial charge in [0, 0.05) is 6.54 Å². The zero-order chi connectivity index (χ0) is 18.2. The number of esters is 1. The van der Waals surface area contributed by atoms with Gasteiger partial charge in [0.25, 0.3) is 0 Å². The summed E-state index contributed by atoms with van der Waals surface area (Å²) in [5, 5.41) is 2.94. The van der Waals surface area contributed by atoms with Gasteiger partial charge in [-0.1, -0.05) is 43.3 Å². The van der Waals surface area contributed by atoms with Crippen LogP contribution >= 0.6 is 0 Å². The molecule has 0 spiro atoms. The predicted molar refractivity (Wildman–Crippen MR) is 95.7 cm³/mol. The van der Waals surface area contributed by atoms with Crippen LogP contribution in [0.5, 0.6) is 5.75 Å². The van der Waals surface area contributed by atoms with Crippen molar-refractivity contribution in [3.63, 3.8) is 0 Å². The zero-order valence-corrected chi connectivity index (χ0v) is 14.7. The molecule has 0 aromatic heterocycles. The number of rotatable bonds is 7. The third-order valence-corrected chi connectivity index (χ3v) is 4.06. The molecule has 0 radical (unpaired) electrons. The fourth-order valence-electron chi connectivity index (χ4n) is 2.70. The van der Waals surface area contributed by atoms with Crippen LogP contribution in [0.3, 0.4) is 0 Å². The maximum atomic E-state index is 12.5. The maximum absolute atomic E-state index is 12.5. The van der Waals surface area contributed by atoms with Crippen molar-refractivity contribution in [2.75, 3.05) is 14.2 Å². The highest BCUT2D eigenvalue weighted by molar-refractivity contribution is 5.92. The Morgan fingerprint density at radius 2 is 1.80 bits per heavy atom. The number of ether oxygens (including phenoxy) is 2. The Balaban J connectivity index is 2.10. The molecule has 2 rings (SSSR count). The predicted octanol–water partition coefficient (Wildman–Crippen LogP) is 3.29. The van der Waals surface area contributed by atoms with Crippen LogP contribution in [0.15, 0.2) is 48.5 Å². The highest BCUT2D eigenvalue weighted by Crippen LogP contribution is 2.22. The fraction of sp³-hybridized carbons (Fsp3) is 0.300. The first kappa shape index (κ1) is 18.5. The molecule has 2 aromatic rings. The first-order valence-electron chi connectivity index (χ1n) is 8.18. The molecule has 132 valence electrons. The Labute approximate surface area is 148 Å². The summed E-state index contributed by atoms with van der Waals surface area (Å²) in [4.78, 5) is 24.4. The van der Waals surface area contributed by atoms with Crippen molar-refractivity contribution in [1.29, 1.82) is 0 Å². The first-order chi connectivity index (χ1) is 12.1. The molecule has 5 nitrogen and oxygen atoms in total. The van der Waals surface area contributed by atoms with Crippen LogP contribution in [-0.2, 0) is 16.1 Å². The minimum absolute atomic E-state index is 0.0378. The summed E-state index contributed by atoms with van der Waals surface area (Å²) in [6.07, 6.45) is 0.714. The molecule has 1 N–H and O–H groups in total. The molecule has 0 saturated heterocycles. The first-order valence-corrected chi connectivity index (χ1v) is 8.18. The number of amides is 1. The summed E-state index contributed by atoms with van der Waals surface area (Å²) >= 11 is 0. The van der Waals surface area contributed by atoms with Crippen LogP contribution in [0.2, 0.25) is 0 Å². The molecule has 0 aliphatic carbocycles. The SMILES string of the molecule is CCC(C(=O)NCc1ccc(OC)c(C(=O)OC)c1)c1ccccc1. The largest absolute Gasteiger partial charge is 0.496 e. The summed E-state index contributed by atoms with van der Waals surface area (Å²) in [6, 6.07) is 14.9. The van der Waals surface area contributed by atoms with E-state index in [9.17, 15) is 9.59 Å². The van der Waals surface area contributed by atoms with Crippen LogP contribution in [-0.4, -0.2) is 26.1 Å². The van der Waals surface area contributed by atoms with Crippen LogP contribution in [0.4, 0.5) is 0 Å². The molecule has 0 aliphatic heterocycles. The number of hydrogen-bond donors (Lipinski definition) is 1. The van der Waals surface area contributed by atoms with Gasteiger partial charge < -0.3 is 14.8 Å². The average molecular weight is 341 g/mol. The van der Waals surface area contributed by atoms with Crippen molar-refractivity contribution < 1.29 is 19.1 Å². The Hall–Kier alpha value is -2.82. The number of carbonyl (C=O) groups is 2. The Morgan fingerprint density at radius 3 is 2.40 bits per heavy atom. The molecule has 0 saturated carbocycles. The lowest BCUT2D eigenvalue weighted by atomic mass is 9.95. The van der Waals surface area contributed by atoms with Crippen molar-refractivity contribution in [2.45, 2.75) is 25.8 Å². The topological polar surface area (TPSA) is 64.6 Å². The van der Waals surface area contributed by atoms with Gasteiger partial charge >= 0.3 is 5.97 Å².